The number of nitrogens with one attached hydrogen (secondary N) is 2. The Morgan fingerprint density at radius 2 is 1.86 bits per heavy atom. The summed E-state index contributed by atoms with van der Waals surface area (Å²) >= 11 is 0. The van der Waals surface area contributed by atoms with E-state index in [1.165, 1.54) is 4.57 Å². The van der Waals surface area contributed by atoms with E-state index in [-0.39, 0.29) is 24.3 Å². The summed E-state index contributed by atoms with van der Waals surface area (Å²) in [6, 6.07) is 10.0. The molecule has 2 aromatic heterocycles. The Morgan fingerprint density at radius 1 is 1.11 bits per heavy atom. The molecule has 0 saturated carbocycles. The second-order valence-electron chi connectivity index (χ2n) is 9.60. The summed E-state index contributed by atoms with van der Waals surface area (Å²) in [5.74, 6) is 0.838. The Kier molecular flexibility index (Phi) is 10.0. The second kappa shape index (κ2) is 13.2. The molecule has 0 aliphatic carbocycles. The van der Waals surface area contributed by atoms with Crippen LogP contribution in [0.4, 0.5) is 0 Å². The van der Waals surface area contributed by atoms with Crippen LogP contribution in [0.2, 0.25) is 0 Å². The lowest BCUT2D eigenvalue weighted by Gasteiger charge is -2.13. The van der Waals surface area contributed by atoms with Crippen molar-refractivity contribution in [3.8, 4) is 0 Å². The van der Waals surface area contributed by atoms with E-state index >= 15 is 0 Å². The van der Waals surface area contributed by atoms with Crippen LogP contribution in [0.25, 0.3) is 11.2 Å². The maximum atomic E-state index is 12.7. The molecular formula is C27H39N5O4. The minimum Gasteiger partial charge on any atom is -0.374 e. The fourth-order valence-electron chi connectivity index (χ4n) is 4.19. The van der Waals surface area contributed by atoms with Crippen molar-refractivity contribution in [1.82, 2.24) is 24.4 Å². The summed E-state index contributed by atoms with van der Waals surface area (Å²) in [5, 5.41) is 2.94. The number of hydrogen-bond donors (Lipinski definition) is 2. The zero-order valence-electron chi connectivity index (χ0n) is 21.9. The summed E-state index contributed by atoms with van der Waals surface area (Å²) in [7, 11) is 0. The molecule has 1 atom stereocenters. The highest BCUT2D eigenvalue weighted by molar-refractivity contribution is 5.76. The number of carbonyl (C=O) groups excluding carboxylic acids is 1. The monoisotopic (exact) mass is 497 g/mol. The van der Waals surface area contributed by atoms with Gasteiger partial charge >= 0.3 is 5.69 Å². The van der Waals surface area contributed by atoms with Crippen molar-refractivity contribution in [2.24, 2.45) is 5.92 Å². The van der Waals surface area contributed by atoms with Gasteiger partial charge in [0.1, 0.15) is 5.82 Å². The molecule has 0 bridgehead atoms. The van der Waals surface area contributed by atoms with Crippen LogP contribution in [-0.4, -0.2) is 38.2 Å². The molecule has 0 aliphatic heterocycles. The number of unbranched alkanes of at least 4 members (excludes halogenated alkanes) is 1. The van der Waals surface area contributed by atoms with Gasteiger partial charge in [-0.05, 0) is 31.2 Å². The predicted octanol–water partition coefficient (Wildman–Crippen LogP) is 3.56. The average Bonchev–Trinajstić information content (AvgIpc) is 3.20. The second-order valence-corrected chi connectivity index (χ2v) is 9.60. The maximum Gasteiger partial charge on any atom is 0.330 e. The van der Waals surface area contributed by atoms with Crippen LogP contribution in [0.5, 0.6) is 0 Å². The van der Waals surface area contributed by atoms with E-state index in [2.05, 4.69) is 29.1 Å². The zero-order valence-corrected chi connectivity index (χ0v) is 21.9. The van der Waals surface area contributed by atoms with Crippen molar-refractivity contribution in [1.29, 1.82) is 0 Å². The van der Waals surface area contributed by atoms with Crippen molar-refractivity contribution >= 4 is 17.1 Å². The summed E-state index contributed by atoms with van der Waals surface area (Å²) < 4.78 is 9.27. The zero-order chi connectivity index (χ0) is 26.1. The number of amides is 1. The van der Waals surface area contributed by atoms with Crippen LogP contribution >= 0.6 is 0 Å². The summed E-state index contributed by atoms with van der Waals surface area (Å²) in [4.78, 5) is 44.8. The molecule has 0 spiro atoms. The highest BCUT2D eigenvalue weighted by Gasteiger charge is 2.19. The standard InChI is InChI=1S/C27H39N5O4/c1-5-6-16-31-25-24(26(34)30-27(31)35)32(18-19(2)3)22(29-25)13-14-23(33)28-15-10-17-36-20(4)21-11-8-7-9-12-21/h7-9,11-12,19-20H,5-6,10,13-18H2,1-4H3,(H,28,33)(H,30,34,35). The Hall–Kier alpha value is -3.20. The quantitative estimate of drug-likeness (QED) is 0.331. The van der Waals surface area contributed by atoms with E-state index in [0.29, 0.717) is 56.1 Å². The first kappa shape index (κ1) is 27.4. The number of aryl methyl sites for hydroxylation is 2. The van der Waals surface area contributed by atoms with Crippen LogP contribution < -0.4 is 16.6 Å². The molecule has 3 aromatic rings. The van der Waals surface area contributed by atoms with Gasteiger partial charge in [-0.2, -0.15) is 0 Å². The lowest BCUT2D eigenvalue weighted by atomic mass is 10.1. The molecule has 0 saturated heterocycles. The van der Waals surface area contributed by atoms with E-state index in [9.17, 15) is 14.4 Å². The number of nitrogens with zero attached hydrogens (tertiary/aromatic N) is 3. The Labute approximate surface area is 211 Å². The van der Waals surface area contributed by atoms with E-state index in [1.807, 2.05) is 48.7 Å². The molecule has 1 unspecified atom stereocenters. The average molecular weight is 498 g/mol. The van der Waals surface area contributed by atoms with Gasteiger partial charge in [0.2, 0.25) is 5.91 Å². The molecule has 0 radical (unpaired) electrons. The van der Waals surface area contributed by atoms with Crippen LogP contribution in [0.3, 0.4) is 0 Å². The number of hydrogen-bond acceptors (Lipinski definition) is 5. The number of fused-ring (bicyclic) bond motifs is 1. The third kappa shape index (κ3) is 7.16. The Morgan fingerprint density at radius 3 is 2.56 bits per heavy atom. The minimum absolute atomic E-state index is 0.00808. The molecule has 9 heteroatoms. The van der Waals surface area contributed by atoms with Crippen molar-refractivity contribution in [3.63, 3.8) is 0 Å². The van der Waals surface area contributed by atoms with Crippen LogP contribution in [0.15, 0.2) is 39.9 Å². The summed E-state index contributed by atoms with van der Waals surface area (Å²) in [6.45, 7) is 10.3. The number of carbonyl (C=O) groups is 1. The lowest BCUT2D eigenvalue weighted by Crippen LogP contribution is -2.31. The normalized spacial score (nSPS) is 12.4. The van der Waals surface area contributed by atoms with Crippen molar-refractivity contribution in [2.45, 2.75) is 79.0 Å². The van der Waals surface area contributed by atoms with Gasteiger partial charge in [0.05, 0.1) is 6.10 Å². The number of benzene rings is 1. The third-order valence-electron chi connectivity index (χ3n) is 6.10. The lowest BCUT2D eigenvalue weighted by molar-refractivity contribution is -0.121. The molecular weight excluding hydrogens is 458 g/mol. The fourth-order valence-corrected chi connectivity index (χ4v) is 4.19. The first-order valence-corrected chi connectivity index (χ1v) is 13.0. The molecule has 9 nitrogen and oxygen atoms in total. The van der Waals surface area contributed by atoms with Gasteiger partial charge < -0.3 is 14.6 Å². The Balaban J connectivity index is 1.60. The molecule has 3 rings (SSSR count). The molecule has 0 fully saturated rings. The highest BCUT2D eigenvalue weighted by atomic mass is 16.5. The number of rotatable bonds is 14. The number of aromatic nitrogens is 4. The van der Waals surface area contributed by atoms with E-state index in [1.54, 1.807) is 0 Å². The van der Waals surface area contributed by atoms with Crippen molar-refractivity contribution in [3.05, 3.63) is 62.6 Å². The number of H-pyrrole nitrogens is 1. The fraction of sp³-hybridized carbons (Fsp3) is 0.556. The SMILES string of the molecule is CCCCn1c(=O)[nH]c(=O)c2c1nc(CCC(=O)NCCCOC(C)c1ccccc1)n2CC(C)C. The van der Waals surface area contributed by atoms with Gasteiger partial charge in [-0.25, -0.2) is 9.78 Å². The minimum atomic E-state index is -0.441. The number of imidazole rings is 1. The topological polar surface area (TPSA) is 111 Å². The molecule has 1 amide bonds. The van der Waals surface area contributed by atoms with Gasteiger partial charge in [0, 0.05) is 39.1 Å². The van der Waals surface area contributed by atoms with Crippen LogP contribution in [0, 0.1) is 5.92 Å². The molecule has 196 valence electrons. The molecule has 36 heavy (non-hydrogen) atoms. The molecule has 0 aliphatic rings. The maximum absolute atomic E-state index is 12.7. The van der Waals surface area contributed by atoms with Gasteiger partial charge in [0.25, 0.3) is 5.56 Å². The van der Waals surface area contributed by atoms with Gasteiger partial charge in [-0.3, -0.25) is 19.1 Å². The number of aromatic amines is 1. The largest absolute Gasteiger partial charge is 0.374 e. The van der Waals surface area contributed by atoms with Crippen LogP contribution in [-0.2, 0) is 29.0 Å². The number of ether oxygens (including phenoxy) is 1. The summed E-state index contributed by atoms with van der Waals surface area (Å²) in [6.07, 6.45) is 3.09. The third-order valence-corrected chi connectivity index (χ3v) is 6.10. The van der Waals surface area contributed by atoms with E-state index in [4.69, 9.17) is 4.74 Å². The van der Waals surface area contributed by atoms with Gasteiger partial charge in [-0.15, -0.1) is 0 Å². The molecule has 1 aromatic carbocycles. The smallest absolute Gasteiger partial charge is 0.330 e. The first-order valence-electron chi connectivity index (χ1n) is 13.0. The molecule has 2 N–H and O–H groups in total. The van der Waals surface area contributed by atoms with Crippen LogP contribution in [0.1, 0.15) is 70.9 Å². The molecule has 2 heterocycles. The predicted molar refractivity (Wildman–Crippen MR) is 141 cm³/mol. The van der Waals surface area contributed by atoms with E-state index in [0.717, 1.165) is 18.4 Å². The first-order chi connectivity index (χ1) is 17.3. The van der Waals surface area contributed by atoms with Gasteiger partial charge in [-0.1, -0.05) is 57.5 Å². The summed E-state index contributed by atoms with van der Waals surface area (Å²) in [5.41, 5.74) is 1.06. The van der Waals surface area contributed by atoms with E-state index < -0.39 is 11.2 Å². The van der Waals surface area contributed by atoms with Crippen molar-refractivity contribution in [2.75, 3.05) is 13.2 Å². The van der Waals surface area contributed by atoms with Gasteiger partial charge in [0.15, 0.2) is 11.2 Å². The van der Waals surface area contributed by atoms with Crippen molar-refractivity contribution < 1.29 is 9.53 Å². The Bertz CT molecular complexity index is 1240. The highest BCUT2D eigenvalue weighted by Crippen LogP contribution is 2.17.